The maximum absolute atomic E-state index is 10.7. The Kier molecular flexibility index (Phi) is 13.1. The minimum atomic E-state index is -1.93. The quantitative estimate of drug-likeness (QED) is 0.213. The zero-order valence-electron chi connectivity index (χ0n) is 19.6. The Balaban J connectivity index is 0.00000432. The van der Waals surface area contributed by atoms with Crippen LogP contribution in [0.25, 0.3) is 0 Å². The molecule has 3 aromatic carbocycles. The van der Waals surface area contributed by atoms with Crippen molar-refractivity contribution in [2.45, 2.75) is 51.4 Å². The first-order valence-electron chi connectivity index (χ1n) is 11.8. The van der Waals surface area contributed by atoms with Crippen LogP contribution in [0, 0.1) is 0 Å². The third-order valence-electron chi connectivity index (χ3n) is 6.19. The van der Waals surface area contributed by atoms with E-state index in [0.717, 1.165) is 66.2 Å². The summed E-state index contributed by atoms with van der Waals surface area (Å²) in [5, 5.41) is 14.9. The largest absolute Gasteiger partial charge is 1.00 e. The van der Waals surface area contributed by atoms with Crippen LogP contribution in [0.2, 0.25) is 15.1 Å². The lowest BCUT2D eigenvalue weighted by atomic mass is 10.1. The molecule has 0 fully saturated rings. The second-order valence-electron chi connectivity index (χ2n) is 8.58. The summed E-state index contributed by atoms with van der Waals surface area (Å²) in [6.07, 6.45) is 8.75. The maximum atomic E-state index is 10.7. The monoisotopic (exact) mass is 614 g/mol. The van der Waals surface area contributed by atoms with Crippen molar-refractivity contribution in [3.63, 3.8) is 0 Å². The van der Waals surface area contributed by atoms with Gasteiger partial charge in [-0.15, -0.1) is 0 Å². The zero-order valence-corrected chi connectivity index (χ0v) is 24.4. The van der Waals surface area contributed by atoms with Gasteiger partial charge in [-0.05, 0) is 92.1 Å². The fourth-order valence-corrected chi connectivity index (χ4v) is 9.15. The minimum absolute atomic E-state index is 0. The number of hydrogen-bond donors (Lipinski definition) is 1. The van der Waals surface area contributed by atoms with E-state index in [1.54, 1.807) is 0 Å². The highest BCUT2D eigenvalue weighted by Crippen LogP contribution is 2.56. The highest BCUT2D eigenvalue weighted by Gasteiger charge is 2.44. The highest BCUT2D eigenvalue weighted by molar-refractivity contribution is 7.95. The Morgan fingerprint density at radius 1 is 0.571 bits per heavy atom. The number of carboxylic acid groups (broad SMARTS) is 1. The molecule has 3 aromatic rings. The van der Waals surface area contributed by atoms with Gasteiger partial charge in [0.05, 0.1) is 6.16 Å². The second kappa shape index (κ2) is 15.2. The Morgan fingerprint density at radius 3 is 1.23 bits per heavy atom. The summed E-state index contributed by atoms with van der Waals surface area (Å²) < 4.78 is 0. The van der Waals surface area contributed by atoms with Gasteiger partial charge in [-0.2, -0.15) is 0 Å². The van der Waals surface area contributed by atoms with E-state index in [4.69, 9.17) is 39.9 Å². The van der Waals surface area contributed by atoms with Gasteiger partial charge >= 0.3 is 5.97 Å². The zero-order chi connectivity index (χ0) is 24.4. The molecule has 0 bridgehead atoms. The maximum Gasteiger partial charge on any atom is 0.303 e. The molecular weight excluding hydrogens is 586 g/mol. The molecule has 7 heteroatoms. The molecular formula is C28H31BrCl3O2P. The first kappa shape index (κ1) is 30.1. The van der Waals surface area contributed by atoms with Gasteiger partial charge in [0, 0.05) is 21.5 Å². The number of halogens is 4. The molecule has 0 saturated heterocycles. The average molecular weight is 617 g/mol. The summed E-state index contributed by atoms with van der Waals surface area (Å²) in [5.41, 5.74) is 0. The number of carbonyl (C=O) groups is 1. The fraction of sp³-hybridized carbons (Fsp3) is 0.321. The molecule has 1 N–H and O–H groups in total. The van der Waals surface area contributed by atoms with Crippen LogP contribution in [0.4, 0.5) is 0 Å². The molecule has 35 heavy (non-hydrogen) atoms. The van der Waals surface area contributed by atoms with Crippen LogP contribution in [-0.2, 0) is 4.79 Å². The van der Waals surface area contributed by atoms with Crippen molar-refractivity contribution in [2.75, 3.05) is 6.16 Å². The average Bonchev–Trinajstić information content (AvgIpc) is 2.82. The van der Waals surface area contributed by atoms with Gasteiger partial charge < -0.3 is 22.1 Å². The van der Waals surface area contributed by atoms with Gasteiger partial charge in [0.1, 0.15) is 23.2 Å². The molecule has 2 nitrogen and oxygen atoms in total. The highest BCUT2D eigenvalue weighted by atomic mass is 79.9. The van der Waals surface area contributed by atoms with Crippen LogP contribution in [-0.4, -0.2) is 17.2 Å². The van der Waals surface area contributed by atoms with Gasteiger partial charge in [-0.25, -0.2) is 0 Å². The molecule has 188 valence electrons. The van der Waals surface area contributed by atoms with Gasteiger partial charge in [-0.1, -0.05) is 60.5 Å². The van der Waals surface area contributed by atoms with Crippen molar-refractivity contribution in [3.8, 4) is 0 Å². The van der Waals surface area contributed by atoms with Crippen molar-refractivity contribution in [2.24, 2.45) is 0 Å². The normalized spacial score (nSPS) is 11.2. The first-order valence-corrected chi connectivity index (χ1v) is 14.9. The van der Waals surface area contributed by atoms with E-state index in [1.165, 1.54) is 15.9 Å². The van der Waals surface area contributed by atoms with Crippen molar-refractivity contribution < 1.29 is 26.9 Å². The summed E-state index contributed by atoms with van der Waals surface area (Å²) in [5.74, 6) is -0.702. The lowest BCUT2D eigenvalue weighted by Gasteiger charge is -2.28. The lowest BCUT2D eigenvalue weighted by Crippen LogP contribution is -3.00. The van der Waals surface area contributed by atoms with Crippen LogP contribution < -0.4 is 32.9 Å². The fourth-order valence-electron chi connectivity index (χ4n) is 4.43. The van der Waals surface area contributed by atoms with E-state index in [-0.39, 0.29) is 23.4 Å². The van der Waals surface area contributed by atoms with Gasteiger partial charge in [0.15, 0.2) is 0 Å². The Bertz CT molecular complexity index is 930. The molecule has 0 aliphatic carbocycles. The molecule has 0 aliphatic rings. The summed E-state index contributed by atoms with van der Waals surface area (Å²) in [7, 11) is -1.93. The lowest BCUT2D eigenvalue weighted by molar-refractivity contribution is -0.137. The molecule has 0 heterocycles. The molecule has 0 aliphatic heterocycles. The topological polar surface area (TPSA) is 37.3 Å². The van der Waals surface area contributed by atoms with Gasteiger partial charge in [-0.3, -0.25) is 4.79 Å². The van der Waals surface area contributed by atoms with Crippen molar-refractivity contribution in [1.82, 2.24) is 0 Å². The molecule has 0 aromatic heterocycles. The Morgan fingerprint density at radius 2 is 0.886 bits per heavy atom. The summed E-state index contributed by atoms with van der Waals surface area (Å²) >= 11 is 18.8. The van der Waals surface area contributed by atoms with Crippen LogP contribution in [0.5, 0.6) is 0 Å². The van der Waals surface area contributed by atoms with Crippen LogP contribution >= 0.6 is 42.1 Å². The number of unbranched alkanes of at least 4 members (excludes halogenated alkanes) is 6. The summed E-state index contributed by atoms with van der Waals surface area (Å²) in [4.78, 5) is 10.7. The number of carboxylic acids is 1. The Hall–Kier alpha value is -1.09. The smallest absolute Gasteiger partial charge is 0.303 e. The molecule has 3 rings (SSSR count). The van der Waals surface area contributed by atoms with Crippen molar-refractivity contribution in [3.05, 3.63) is 87.9 Å². The summed E-state index contributed by atoms with van der Waals surface area (Å²) in [6, 6.07) is 24.9. The van der Waals surface area contributed by atoms with E-state index < -0.39 is 13.2 Å². The molecule has 0 unspecified atom stereocenters. The second-order valence-corrected chi connectivity index (χ2v) is 13.5. The predicted molar refractivity (Wildman–Crippen MR) is 150 cm³/mol. The van der Waals surface area contributed by atoms with Crippen LogP contribution in [0.1, 0.15) is 51.4 Å². The molecule has 0 amide bonds. The SMILES string of the molecule is O=C(O)CCCCCCCCC[P+](c1ccc(Cl)cc1)(c1ccc(Cl)cc1)c1ccc(Cl)cc1.[Br-]. The van der Waals surface area contributed by atoms with E-state index in [1.807, 2.05) is 36.4 Å². The standard InChI is InChI=1S/C28H30Cl3O2P.BrH/c29-22-9-15-25(16-10-22)34(26-17-11-23(30)12-18-26,27-19-13-24(31)14-20-27)21-7-5-3-1-2-4-6-8-28(32)33;/h9-20H,1-8,21H2;1H. The molecule has 0 saturated carbocycles. The van der Waals surface area contributed by atoms with E-state index in [2.05, 4.69) is 36.4 Å². The number of aliphatic carboxylic acids is 1. The molecule has 0 spiro atoms. The van der Waals surface area contributed by atoms with E-state index >= 15 is 0 Å². The van der Waals surface area contributed by atoms with E-state index in [9.17, 15) is 4.79 Å². The third kappa shape index (κ3) is 8.76. The predicted octanol–water partition coefficient (Wildman–Crippen LogP) is 5.15. The molecule has 0 atom stereocenters. The minimum Gasteiger partial charge on any atom is -1.00 e. The number of hydrogen-bond acceptors (Lipinski definition) is 1. The van der Waals surface area contributed by atoms with Crippen molar-refractivity contribution >= 4 is 63.9 Å². The first-order chi connectivity index (χ1) is 16.4. The van der Waals surface area contributed by atoms with Gasteiger partial charge in [0.25, 0.3) is 0 Å². The van der Waals surface area contributed by atoms with Gasteiger partial charge in [0.2, 0.25) is 0 Å². The molecule has 0 radical (unpaired) electrons. The third-order valence-corrected chi connectivity index (χ3v) is 11.5. The number of rotatable bonds is 13. The van der Waals surface area contributed by atoms with Crippen molar-refractivity contribution in [1.29, 1.82) is 0 Å². The van der Waals surface area contributed by atoms with E-state index in [0.29, 0.717) is 0 Å². The number of benzene rings is 3. The Labute approximate surface area is 235 Å². The van der Waals surface area contributed by atoms with Crippen LogP contribution in [0.3, 0.4) is 0 Å². The van der Waals surface area contributed by atoms with Crippen LogP contribution in [0.15, 0.2) is 72.8 Å². The summed E-state index contributed by atoms with van der Waals surface area (Å²) in [6.45, 7) is 0.